The third-order valence-corrected chi connectivity index (χ3v) is 1.74. The molecule has 2 N–H and O–H groups in total. The van der Waals surface area contributed by atoms with Crippen molar-refractivity contribution in [2.75, 3.05) is 5.73 Å². The first-order valence-electron chi connectivity index (χ1n) is 3.94. The van der Waals surface area contributed by atoms with Gasteiger partial charge in [0.2, 0.25) is 0 Å². The van der Waals surface area contributed by atoms with Crippen LogP contribution >= 0.6 is 0 Å². The van der Waals surface area contributed by atoms with Crippen molar-refractivity contribution in [3.63, 3.8) is 0 Å². The number of nitriles is 2. The van der Waals surface area contributed by atoms with Crippen LogP contribution in [0.4, 0.5) is 14.5 Å². The zero-order valence-corrected chi connectivity index (χ0v) is 7.54. The van der Waals surface area contributed by atoms with Crippen LogP contribution in [0.2, 0.25) is 0 Å². The van der Waals surface area contributed by atoms with Crippen molar-refractivity contribution in [2.24, 2.45) is 0 Å². The van der Waals surface area contributed by atoms with Crippen LogP contribution in [0.15, 0.2) is 6.07 Å². The number of hydrogen-bond donors (Lipinski definition) is 1. The number of nitrogen functional groups attached to an aromatic ring is 1. The Balaban J connectivity index is 3.33. The van der Waals surface area contributed by atoms with Crippen LogP contribution < -0.4 is 5.73 Å². The van der Waals surface area contributed by atoms with E-state index in [-0.39, 0.29) is 23.4 Å². The van der Waals surface area contributed by atoms with Gasteiger partial charge in [0.05, 0.1) is 29.4 Å². The van der Waals surface area contributed by atoms with Crippen molar-refractivity contribution in [2.45, 2.75) is 12.8 Å². The molecule has 1 rings (SSSR count). The van der Waals surface area contributed by atoms with Gasteiger partial charge < -0.3 is 5.73 Å². The van der Waals surface area contributed by atoms with E-state index in [0.29, 0.717) is 0 Å². The molecule has 0 fully saturated rings. The Morgan fingerprint density at radius 2 is 2.13 bits per heavy atom. The fourth-order valence-corrected chi connectivity index (χ4v) is 1.06. The molecule has 0 aromatic carbocycles. The van der Waals surface area contributed by atoms with Gasteiger partial charge in [-0.05, 0) is 6.07 Å². The summed E-state index contributed by atoms with van der Waals surface area (Å²) in [7, 11) is 0. The van der Waals surface area contributed by atoms with Crippen molar-refractivity contribution in [3.05, 3.63) is 23.0 Å². The van der Waals surface area contributed by atoms with Crippen LogP contribution in [0.3, 0.4) is 0 Å². The predicted molar refractivity (Wildman–Crippen MR) is 47.6 cm³/mol. The molecule has 0 bridgehead atoms. The second kappa shape index (κ2) is 4.34. The van der Waals surface area contributed by atoms with Crippen molar-refractivity contribution in [1.82, 2.24) is 4.98 Å². The Morgan fingerprint density at radius 1 is 1.47 bits per heavy atom. The number of nitrogens with zero attached hydrogens (tertiary/aromatic N) is 3. The van der Waals surface area contributed by atoms with Crippen LogP contribution in [0.5, 0.6) is 0 Å². The predicted octanol–water partition coefficient (Wildman–Crippen LogP) is 1.54. The van der Waals surface area contributed by atoms with Crippen LogP contribution in [0.25, 0.3) is 0 Å². The molecule has 0 aliphatic rings. The van der Waals surface area contributed by atoms with Gasteiger partial charge >= 0.3 is 0 Å². The van der Waals surface area contributed by atoms with Gasteiger partial charge in [-0.1, -0.05) is 0 Å². The highest BCUT2D eigenvalue weighted by Gasteiger charge is 2.16. The fourth-order valence-electron chi connectivity index (χ4n) is 1.06. The molecule has 6 heteroatoms. The lowest BCUT2D eigenvalue weighted by atomic mass is 10.1. The van der Waals surface area contributed by atoms with E-state index in [4.69, 9.17) is 16.3 Å². The lowest BCUT2D eigenvalue weighted by Crippen LogP contribution is -2.04. The molecule has 15 heavy (non-hydrogen) atoms. The van der Waals surface area contributed by atoms with E-state index in [1.165, 1.54) is 0 Å². The normalized spacial score (nSPS) is 9.67. The van der Waals surface area contributed by atoms with Gasteiger partial charge in [-0.15, -0.1) is 0 Å². The summed E-state index contributed by atoms with van der Waals surface area (Å²) in [6, 6.07) is 4.61. The molecule has 1 aromatic heterocycles. The summed E-state index contributed by atoms with van der Waals surface area (Å²) in [5, 5.41) is 17.1. The Bertz CT molecular complexity index is 456. The van der Waals surface area contributed by atoms with Crippen molar-refractivity contribution >= 4 is 5.69 Å². The van der Waals surface area contributed by atoms with Gasteiger partial charge in [-0.25, -0.2) is 13.8 Å². The van der Waals surface area contributed by atoms with Crippen molar-refractivity contribution < 1.29 is 8.78 Å². The highest BCUT2D eigenvalue weighted by atomic mass is 19.3. The van der Waals surface area contributed by atoms with Gasteiger partial charge in [0.1, 0.15) is 11.8 Å². The molecule has 1 aromatic rings. The first kappa shape index (κ1) is 10.9. The number of halogens is 2. The molecule has 4 nitrogen and oxygen atoms in total. The Hall–Kier alpha value is -2.21. The monoisotopic (exact) mass is 208 g/mol. The highest BCUT2D eigenvalue weighted by Crippen LogP contribution is 2.24. The topological polar surface area (TPSA) is 86.5 Å². The maximum Gasteiger partial charge on any atom is 0.282 e. The molecule has 0 saturated heterocycles. The number of pyridine rings is 1. The first-order chi connectivity index (χ1) is 7.10. The average Bonchev–Trinajstić information content (AvgIpc) is 2.20. The lowest BCUT2D eigenvalue weighted by Gasteiger charge is -2.06. The van der Waals surface area contributed by atoms with Gasteiger partial charge in [-0.3, -0.25) is 0 Å². The second-order valence-corrected chi connectivity index (χ2v) is 2.70. The van der Waals surface area contributed by atoms with E-state index in [1.54, 1.807) is 12.1 Å². The summed E-state index contributed by atoms with van der Waals surface area (Å²) < 4.78 is 24.8. The third-order valence-electron chi connectivity index (χ3n) is 1.74. The number of hydrogen-bond acceptors (Lipinski definition) is 4. The summed E-state index contributed by atoms with van der Waals surface area (Å²) in [5.74, 6) is 0. The number of rotatable bonds is 2. The van der Waals surface area contributed by atoms with Gasteiger partial charge in [0.25, 0.3) is 6.43 Å². The molecule has 0 aliphatic carbocycles. The number of alkyl halides is 2. The van der Waals surface area contributed by atoms with E-state index in [1.807, 2.05) is 0 Å². The minimum Gasteiger partial charge on any atom is -0.397 e. The zero-order chi connectivity index (χ0) is 11.4. The summed E-state index contributed by atoms with van der Waals surface area (Å²) in [6.07, 6.45) is -3.00. The molecule has 0 atom stereocenters. The highest BCUT2D eigenvalue weighted by molar-refractivity contribution is 5.51. The quantitative estimate of drug-likeness (QED) is 0.798. The molecule has 0 unspecified atom stereocenters. The minimum absolute atomic E-state index is 0.0319. The van der Waals surface area contributed by atoms with Gasteiger partial charge in [0.15, 0.2) is 0 Å². The molecule has 0 radical (unpaired) electrons. The third kappa shape index (κ3) is 2.18. The van der Waals surface area contributed by atoms with Crippen LogP contribution in [-0.2, 0) is 6.42 Å². The Kier molecular flexibility index (Phi) is 3.14. The SMILES string of the molecule is N#CCc1nc(C(F)F)c(N)cc1C#N. The maximum atomic E-state index is 12.4. The largest absolute Gasteiger partial charge is 0.397 e. The number of nitrogens with two attached hydrogens (primary N) is 1. The molecular weight excluding hydrogens is 202 g/mol. The molecule has 0 spiro atoms. The summed E-state index contributed by atoms with van der Waals surface area (Å²) in [6.45, 7) is 0. The lowest BCUT2D eigenvalue weighted by molar-refractivity contribution is 0.147. The van der Waals surface area contributed by atoms with Crippen LogP contribution in [0.1, 0.15) is 23.4 Å². The Morgan fingerprint density at radius 3 is 2.60 bits per heavy atom. The summed E-state index contributed by atoms with van der Waals surface area (Å²) in [4.78, 5) is 3.51. The first-order valence-corrected chi connectivity index (χ1v) is 3.94. The molecule has 0 amide bonds. The van der Waals surface area contributed by atoms with Gasteiger partial charge in [0, 0.05) is 0 Å². The molecular formula is C9H6F2N4. The van der Waals surface area contributed by atoms with Gasteiger partial charge in [-0.2, -0.15) is 10.5 Å². The van der Waals surface area contributed by atoms with Crippen LogP contribution in [-0.4, -0.2) is 4.98 Å². The van der Waals surface area contributed by atoms with E-state index < -0.39 is 12.1 Å². The number of anilines is 1. The van der Waals surface area contributed by atoms with E-state index in [2.05, 4.69) is 4.98 Å². The number of aromatic nitrogens is 1. The molecule has 0 saturated carbocycles. The fraction of sp³-hybridized carbons (Fsp3) is 0.222. The smallest absolute Gasteiger partial charge is 0.282 e. The Labute approximate surface area is 84.6 Å². The van der Waals surface area contributed by atoms with E-state index in [0.717, 1.165) is 6.07 Å². The van der Waals surface area contributed by atoms with Crippen molar-refractivity contribution in [1.29, 1.82) is 10.5 Å². The second-order valence-electron chi connectivity index (χ2n) is 2.70. The maximum absolute atomic E-state index is 12.4. The minimum atomic E-state index is -2.81. The van der Waals surface area contributed by atoms with Crippen LogP contribution in [0, 0.1) is 22.7 Å². The summed E-state index contributed by atoms with van der Waals surface area (Å²) in [5.41, 5.74) is 4.56. The molecule has 76 valence electrons. The van der Waals surface area contributed by atoms with Crippen molar-refractivity contribution in [3.8, 4) is 12.1 Å². The summed E-state index contributed by atoms with van der Waals surface area (Å²) >= 11 is 0. The molecule has 0 aliphatic heterocycles. The van der Waals surface area contributed by atoms with E-state index in [9.17, 15) is 8.78 Å². The zero-order valence-electron chi connectivity index (χ0n) is 7.54. The average molecular weight is 208 g/mol. The van der Waals surface area contributed by atoms with E-state index >= 15 is 0 Å². The molecule has 1 heterocycles. The standard InChI is InChI=1S/C9H6F2N4/c10-9(11)8-6(14)3-5(4-13)7(15-8)1-2-12/h3,9H,1,14H2.